The van der Waals surface area contributed by atoms with Crippen LogP contribution in [0, 0.1) is 11.6 Å². The Morgan fingerprint density at radius 3 is 2.47 bits per heavy atom. The Bertz CT molecular complexity index is 1080. The maximum Gasteiger partial charge on any atom is 0.319 e. The van der Waals surface area contributed by atoms with Gasteiger partial charge in [0.05, 0.1) is 10.0 Å². The van der Waals surface area contributed by atoms with Crippen LogP contribution < -0.4 is 16.0 Å². The number of carbonyl (C=O) groups excluding carboxylic acids is 2. The van der Waals surface area contributed by atoms with E-state index >= 15 is 0 Å². The van der Waals surface area contributed by atoms with Gasteiger partial charge < -0.3 is 20.9 Å². The molecule has 0 atom stereocenters. The van der Waals surface area contributed by atoms with Gasteiger partial charge in [0.2, 0.25) is 5.91 Å². The molecule has 3 N–H and O–H groups in total. The van der Waals surface area contributed by atoms with E-state index in [1.54, 1.807) is 24.3 Å². The lowest BCUT2D eigenvalue weighted by atomic mass is 10.0. The average Bonchev–Trinajstić information content (AvgIpc) is 2.85. The van der Waals surface area contributed by atoms with Crippen molar-refractivity contribution in [3.8, 4) is 0 Å². The summed E-state index contributed by atoms with van der Waals surface area (Å²) < 4.78 is 26.3. The van der Waals surface area contributed by atoms with E-state index in [1.807, 2.05) is 0 Å². The largest absolute Gasteiger partial charge is 0.353 e. The first-order valence-corrected chi connectivity index (χ1v) is 12.7. The molecule has 1 aliphatic rings. The van der Waals surface area contributed by atoms with Crippen LogP contribution in [-0.4, -0.2) is 49.1 Å². The van der Waals surface area contributed by atoms with Crippen LogP contribution in [0.3, 0.4) is 0 Å². The second-order valence-electron chi connectivity index (χ2n) is 8.70. The molecule has 1 saturated heterocycles. The van der Waals surface area contributed by atoms with Gasteiger partial charge in [-0.2, -0.15) is 0 Å². The number of rotatable bonds is 10. The van der Waals surface area contributed by atoms with Crippen molar-refractivity contribution in [2.75, 3.05) is 31.5 Å². The molecule has 3 amide bonds. The van der Waals surface area contributed by atoms with Gasteiger partial charge in [-0.3, -0.25) is 4.79 Å². The molecule has 6 nitrogen and oxygen atoms in total. The minimum absolute atomic E-state index is 0.0405. The van der Waals surface area contributed by atoms with Gasteiger partial charge in [0.1, 0.15) is 0 Å². The number of piperidine rings is 1. The molecular formula is C26H30Cl2F2N4O2. The number of nitrogens with one attached hydrogen (secondary N) is 3. The lowest BCUT2D eigenvalue weighted by Crippen LogP contribution is -2.46. The third kappa shape index (κ3) is 9.41. The summed E-state index contributed by atoms with van der Waals surface area (Å²) in [5.41, 5.74) is 1.02. The second-order valence-corrected chi connectivity index (χ2v) is 9.52. The van der Waals surface area contributed by atoms with E-state index in [-0.39, 0.29) is 17.6 Å². The van der Waals surface area contributed by atoms with Crippen LogP contribution in [0.2, 0.25) is 10.0 Å². The fraction of sp³-hybridized carbons (Fsp3) is 0.385. The molecule has 0 saturated carbocycles. The molecule has 36 heavy (non-hydrogen) atoms. The van der Waals surface area contributed by atoms with Crippen LogP contribution in [0.25, 0.3) is 6.08 Å². The van der Waals surface area contributed by atoms with Crippen LogP contribution in [0.1, 0.15) is 37.7 Å². The molecule has 3 rings (SSSR count). The second kappa shape index (κ2) is 14.2. The predicted octanol–water partition coefficient (Wildman–Crippen LogP) is 5.86. The van der Waals surface area contributed by atoms with Gasteiger partial charge >= 0.3 is 6.03 Å². The number of likely N-dealkylation sites (tertiary alicyclic amines) is 1. The number of halogens is 4. The van der Waals surface area contributed by atoms with Crippen LogP contribution in [0.4, 0.5) is 19.3 Å². The number of urea groups is 1. The Morgan fingerprint density at radius 2 is 1.75 bits per heavy atom. The number of hydrogen-bond acceptors (Lipinski definition) is 3. The van der Waals surface area contributed by atoms with Gasteiger partial charge in [-0.05, 0) is 68.1 Å². The van der Waals surface area contributed by atoms with Crippen molar-refractivity contribution < 1.29 is 18.4 Å². The smallest absolute Gasteiger partial charge is 0.319 e. The minimum atomic E-state index is -1.000. The van der Waals surface area contributed by atoms with Crippen LogP contribution >= 0.6 is 23.2 Å². The highest BCUT2D eigenvalue weighted by Gasteiger charge is 2.20. The highest BCUT2D eigenvalue weighted by molar-refractivity contribution is 6.42. The summed E-state index contributed by atoms with van der Waals surface area (Å²) in [5, 5.41) is 9.23. The summed E-state index contributed by atoms with van der Waals surface area (Å²) in [6.07, 6.45) is 7.76. The molecule has 194 valence electrons. The molecule has 2 aromatic rings. The van der Waals surface area contributed by atoms with E-state index in [9.17, 15) is 18.4 Å². The van der Waals surface area contributed by atoms with Crippen molar-refractivity contribution in [2.45, 2.75) is 38.1 Å². The number of benzene rings is 2. The molecule has 0 aliphatic carbocycles. The molecule has 10 heteroatoms. The monoisotopic (exact) mass is 538 g/mol. The maximum absolute atomic E-state index is 13.3. The number of amides is 3. The summed E-state index contributed by atoms with van der Waals surface area (Å²) in [6.45, 7) is 3.35. The molecule has 0 bridgehead atoms. The van der Waals surface area contributed by atoms with Gasteiger partial charge in [0, 0.05) is 43.5 Å². The molecule has 2 aromatic carbocycles. The quantitative estimate of drug-likeness (QED) is 0.262. The van der Waals surface area contributed by atoms with Gasteiger partial charge in [0.25, 0.3) is 0 Å². The fourth-order valence-corrected chi connectivity index (χ4v) is 4.23. The Kier molecular flexibility index (Phi) is 11.0. The van der Waals surface area contributed by atoms with Crippen molar-refractivity contribution in [2.24, 2.45) is 0 Å². The van der Waals surface area contributed by atoms with Crippen molar-refractivity contribution >= 4 is 46.9 Å². The zero-order chi connectivity index (χ0) is 25.9. The summed E-state index contributed by atoms with van der Waals surface area (Å²) in [4.78, 5) is 26.4. The van der Waals surface area contributed by atoms with Gasteiger partial charge in [-0.25, -0.2) is 13.6 Å². The maximum atomic E-state index is 13.3. The third-order valence-electron chi connectivity index (χ3n) is 5.92. The van der Waals surface area contributed by atoms with Crippen molar-refractivity contribution in [3.63, 3.8) is 0 Å². The molecule has 0 spiro atoms. The van der Waals surface area contributed by atoms with Crippen molar-refractivity contribution in [1.82, 2.24) is 15.5 Å². The Balaban J connectivity index is 1.23. The number of anilines is 1. The topological polar surface area (TPSA) is 73.5 Å². The van der Waals surface area contributed by atoms with Crippen molar-refractivity contribution in [3.05, 3.63) is 69.7 Å². The number of carbonyl (C=O) groups is 2. The van der Waals surface area contributed by atoms with Crippen LogP contribution in [0.15, 0.2) is 42.5 Å². The lowest BCUT2D eigenvalue weighted by Gasteiger charge is -2.32. The number of unbranched alkanes of at least 4 members (excludes halogenated alkanes) is 2. The SMILES string of the molecule is O=C(/C=C/c1ccc(Cl)c(Cl)c1)NCCCCCN1CCC(NC(=O)Nc2ccc(F)c(F)c2)CC1. The molecule has 1 aliphatic heterocycles. The zero-order valence-corrected chi connectivity index (χ0v) is 21.3. The molecule has 0 unspecified atom stereocenters. The Labute approximate surface area is 220 Å². The lowest BCUT2D eigenvalue weighted by molar-refractivity contribution is -0.116. The highest BCUT2D eigenvalue weighted by atomic mass is 35.5. The summed E-state index contributed by atoms with van der Waals surface area (Å²) in [5.74, 6) is -2.10. The zero-order valence-electron chi connectivity index (χ0n) is 19.8. The molecule has 1 fully saturated rings. The Hall–Kier alpha value is -2.68. The predicted molar refractivity (Wildman–Crippen MR) is 140 cm³/mol. The van der Waals surface area contributed by atoms with Gasteiger partial charge in [0.15, 0.2) is 11.6 Å². The summed E-state index contributed by atoms with van der Waals surface area (Å²) in [6, 6.07) is 8.06. The van der Waals surface area contributed by atoms with E-state index in [0.29, 0.717) is 16.6 Å². The number of nitrogens with zero attached hydrogens (tertiary/aromatic N) is 1. The fourth-order valence-electron chi connectivity index (χ4n) is 3.92. The van der Waals surface area contributed by atoms with Crippen molar-refractivity contribution in [1.29, 1.82) is 0 Å². The normalized spacial score (nSPS) is 14.7. The van der Waals surface area contributed by atoms with Gasteiger partial charge in [-0.1, -0.05) is 35.7 Å². The summed E-state index contributed by atoms with van der Waals surface area (Å²) in [7, 11) is 0. The number of hydrogen-bond donors (Lipinski definition) is 3. The molecular weight excluding hydrogens is 509 g/mol. The highest BCUT2D eigenvalue weighted by Crippen LogP contribution is 2.23. The molecule has 0 aromatic heterocycles. The standard InChI is InChI=1S/C26H30Cl2F2N4O2/c27-21-7-4-18(16-22(21)28)5-9-25(35)31-12-2-1-3-13-34-14-10-19(11-15-34)32-26(36)33-20-6-8-23(29)24(30)17-20/h4-9,16-17,19H,1-3,10-15H2,(H,31,35)(H2,32,33,36)/b9-5+. The van der Waals surface area contributed by atoms with Crippen LogP contribution in [0.5, 0.6) is 0 Å². The van der Waals surface area contributed by atoms with E-state index in [2.05, 4.69) is 20.9 Å². The van der Waals surface area contributed by atoms with Crippen LogP contribution in [-0.2, 0) is 4.79 Å². The van der Waals surface area contributed by atoms with Gasteiger partial charge in [-0.15, -0.1) is 0 Å². The van der Waals surface area contributed by atoms with E-state index in [4.69, 9.17) is 23.2 Å². The van der Waals surface area contributed by atoms with E-state index in [1.165, 1.54) is 12.1 Å². The van der Waals surface area contributed by atoms with E-state index < -0.39 is 17.7 Å². The first-order valence-electron chi connectivity index (χ1n) is 12.0. The minimum Gasteiger partial charge on any atom is -0.353 e. The van der Waals surface area contributed by atoms with E-state index in [0.717, 1.165) is 69.4 Å². The first kappa shape index (κ1) is 27.9. The summed E-state index contributed by atoms with van der Waals surface area (Å²) >= 11 is 11.9. The molecule has 0 radical (unpaired) electrons. The first-order chi connectivity index (χ1) is 17.3. The third-order valence-corrected chi connectivity index (χ3v) is 6.66. The molecule has 1 heterocycles. The average molecular weight is 539 g/mol. The Morgan fingerprint density at radius 1 is 0.972 bits per heavy atom.